The van der Waals surface area contributed by atoms with Gasteiger partial charge in [0.2, 0.25) is 5.91 Å². The highest BCUT2D eigenvalue weighted by Gasteiger charge is 2.12. The number of hydrogen-bond acceptors (Lipinski definition) is 4. The molecule has 26 heavy (non-hydrogen) atoms. The zero-order chi connectivity index (χ0) is 19.1. The molecule has 0 aliphatic carbocycles. The molecular weight excluding hydrogens is 376 g/mol. The third-order valence-electron chi connectivity index (χ3n) is 3.10. The van der Waals surface area contributed by atoms with Gasteiger partial charge in [-0.3, -0.25) is 30.6 Å². The fourth-order valence-electron chi connectivity index (χ4n) is 1.94. The van der Waals surface area contributed by atoms with Gasteiger partial charge in [0, 0.05) is 18.2 Å². The van der Waals surface area contributed by atoms with Gasteiger partial charge in [-0.15, -0.1) is 0 Å². The fourth-order valence-corrected chi connectivity index (χ4v) is 2.31. The summed E-state index contributed by atoms with van der Waals surface area (Å²) in [6.45, 7) is 1.39. The molecule has 0 atom stereocenters. The number of hydrogen-bond donors (Lipinski definition) is 4. The third-order valence-corrected chi connectivity index (χ3v) is 3.64. The normalized spacial score (nSPS) is 9.77. The van der Waals surface area contributed by atoms with Gasteiger partial charge in [0.15, 0.2) is 5.11 Å². The Hall–Kier alpha value is -2.97. The Morgan fingerprint density at radius 2 is 1.58 bits per heavy atom. The van der Waals surface area contributed by atoms with Crippen LogP contribution in [0.15, 0.2) is 48.5 Å². The minimum atomic E-state index is -0.498. The van der Waals surface area contributed by atoms with Crippen molar-refractivity contribution in [1.82, 2.24) is 16.2 Å². The number of halogens is 1. The molecule has 0 unspecified atom stereocenters. The van der Waals surface area contributed by atoms with E-state index >= 15 is 0 Å². The average molecular weight is 391 g/mol. The quantitative estimate of drug-likeness (QED) is 0.476. The molecule has 0 radical (unpaired) electrons. The van der Waals surface area contributed by atoms with Crippen LogP contribution in [0.4, 0.5) is 5.69 Å². The lowest BCUT2D eigenvalue weighted by Crippen LogP contribution is -2.48. The molecule has 9 heteroatoms. The summed E-state index contributed by atoms with van der Waals surface area (Å²) in [4.78, 5) is 35.0. The molecule has 0 saturated heterocycles. The van der Waals surface area contributed by atoms with Crippen molar-refractivity contribution in [3.63, 3.8) is 0 Å². The van der Waals surface area contributed by atoms with Crippen molar-refractivity contribution in [3.8, 4) is 0 Å². The van der Waals surface area contributed by atoms with Gasteiger partial charge in [-0.25, -0.2) is 0 Å². The van der Waals surface area contributed by atoms with Gasteiger partial charge in [0.05, 0.1) is 10.6 Å². The fraction of sp³-hybridized carbons (Fsp3) is 0.0588. The van der Waals surface area contributed by atoms with E-state index in [2.05, 4.69) is 21.5 Å². The second kappa shape index (κ2) is 8.93. The minimum Gasteiger partial charge on any atom is -0.326 e. The second-order valence-corrected chi connectivity index (χ2v) is 5.92. The predicted octanol–water partition coefficient (Wildman–Crippen LogP) is 2.25. The first-order valence-corrected chi connectivity index (χ1v) is 8.19. The molecular formula is C17H15ClN4O3S. The van der Waals surface area contributed by atoms with Crippen molar-refractivity contribution in [2.24, 2.45) is 0 Å². The molecule has 0 spiro atoms. The zero-order valence-electron chi connectivity index (χ0n) is 13.6. The van der Waals surface area contributed by atoms with E-state index in [9.17, 15) is 14.4 Å². The van der Waals surface area contributed by atoms with E-state index in [0.29, 0.717) is 11.3 Å². The maximum absolute atomic E-state index is 12.0. The third kappa shape index (κ3) is 5.54. The number of anilines is 1. The summed E-state index contributed by atoms with van der Waals surface area (Å²) in [5, 5.41) is 5.21. The molecule has 134 valence electrons. The first kappa shape index (κ1) is 19.4. The lowest BCUT2D eigenvalue weighted by molar-refractivity contribution is -0.114. The Kier molecular flexibility index (Phi) is 6.65. The number of amides is 3. The molecule has 0 aliphatic heterocycles. The number of carbonyl (C=O) groups excluding carboxylic acids is 3. The van der Waals surface area contributed by atoms with E-state index in [-0.39, 0.29) is 21.6 Å². The lowest BCUT2D eigenvalue weighted by Gasteiger charge is -2.11. The Bertz CT molecular complexity index is 855. The molecule has 0 fully saturated rings. The molecule has 2 aromatic carbocycles. The summed E-state index contributed by atoms with van der Waals surface area (Å²) in [5.41, 5.74) is 5.98. The van der Waals surface area contributed by atoms with Crippen LogP contribution in [0.25, 0.3) is 0 Å². The zero-order valence-corrected chi connectivity index (χ0v) is 15.2. The van der Waals surface area contributed by atoms with Crippen LogP contribution < -0.4 is 21.5 Å². The number of thiocarbonyl (C=S) groups is 1. The van der Waals surface area contributed by atoms with Gasteiger partial charge < -0.3 is 5.32 Å². The van der Waals surface area contributed by atoms with Gasteiger partial charge in [-0.1, -0.05) is 23.7 Å². The summed E-state index contributed by atoms with van der Waals surface area (Å²) < 4.78 is 0. The van der Waals surface area contributed by atoms with Crippen molar-refractivity contribution in [1.29, 1.82) is 0 Å². The maximum Gasteiger partial charge on any atom is 0.269 e. The van der Waals surface area contributed by atoms with Crippen LogP contribution in [-0.4, -0.2) is 22.8 Å². The second-order valence-electron chi connectivity index (χ2n) is 5.10. The van der Waals surface area contributed by atoms with E-state index in [0.717, 1.165) is 0 Å². The molecule has 0 heterocycles. The van der Waals surface area contributed by atoms with E-state index in [1.807, 2.05) is 0 Å². The largest absolute Gasteiger partial charge is 0.326 e. The molecule has 0 aromatic heterocycles. The van der Waals surface area contributed by atoms with Crippen LogP contribution in [0, 0.1) is 0 Å². The highest BCUT2D eigenvalue weighted by atomic mass is 35.5. The number of carbonyl (C=O) groups is 3. The van der Waals surface area contributed by atoms with Crippen LogP contribution in [0.3, 0.4) is 0 Å². The molecule has 0 bridgehead atoms. The highest BCUT2D eigenvalue weighted by Crippen LogP contribution is 2.14. The highest BCUT2D eigenvalue weighted by molar-refractivity contribution is 7.80. The monoisotopic (exact) mass is 390 g/mol. The van der Waals surface area contributed by atoms with E-state index in [4.69, 9.17) is 23.8 Å². The first-order chi connectivity index (χ1) is 12.4. The molecule has 2 aromatic rings. The van der Waals surface area contributed by atoms with Crippen LogP contribution >= 0.6 is 23.8 Å². The van der Waals surface area contributed by atoms with Crippen LogP contribution in [0.2, 0.25) is 5.02 Å². The van der Waals surface area contributed by atoms with E-state index < -0.39 is 11.8 Å². The molecule has 2 rings (SSSR count). The summed E-state index contributed by atoms with van der Waals surface area (Å²) in [5.74, 6) is -1.17. The molecule has 3 amide bonds. The minimum absolute atomic E-state index is 0.0851. The SMILES string of the molecule is CC(=O)Nc1ccc(C(=O)NNC(=S)NC(=O)c2ccccc2Cl)cc1. The van der Waals surface area contributed by atoms with Crippen molar-refractivity contribution < 1.29 is 14.4 Å². The number of hydrazine groups is 1. The van der Waals surface area contributed by atoms with Crippen LogP contribution in [0.1, 0.15) is 27.6 Å². The van der Waals surface area contributed by atoms with Crippen molar-refractivity contribution in [2.75, 3.05) is 5.32 Å². The predicted molar refractivity (Wildman–Crippen MR) is 103 cm³/mol. The topological polar surface area (TPSA) is 99.3 Å². The van der Waals surface area contributed by atoms with Crippen molar-refractivity contribution in [3.05, 3.63) is 64.7 Å². The van der Waals surface area contributed by atoms with Crippen molar-refractivity contribution in [2.45, 2.75) is 6.92 Å². The van der Waals surface area contributed by atoms with Gasteiger partial charge in [0.25, 0.3) is 11.8 Å². The smallest absolute Gasteiger partial charge is 0.269 e. The van der Waals surface area contributed by atoms with E-state index in [1.54, 1.807) is 36.4 Å². The van der Waals surface area contributed by atoms with Crippen LogP contribution in [0.5, 0.6) is 0 Å². The van der Waals surface area contributed by atoms with Crippen molar-refractivity contribution >= 4 is 52.3 Å². The van der Waals surface area contributed by atoms with E-state index in [1.165, 1.54) is 19.1 Å². The summed E-state index contributed by atoms with van der Waals surface area (Å²) in [6, 6.07) is 12.8. The van der Waals surface area contributed by atoms with Gasteiger partial charge in [0.1, 0.15) is 0 Å². The molecule has 7 nitrogen and oxygen atoms in total. The first-order valence-electron chi connectivity index (χ1n) is 7.40. The number of benzene rings is 2. The molecule has 4 N–H and O–H groups in total. The number of rotatable bonds is 3. The van der Waals surface area contributed by atoms with Gasteiger partial charge in [-0.2, -0.15) is 0 Å². The summed E-state index contributed by atoms with van der Waals surface area (Å²) >= 11 is 10.9. The molecule has 0 saturated carbocycles. The standard InChI is InChI=1S/C17H15ClN4O3S/c1-10(23)19-12-8-6-11(7-9-12)15(24)21-22-17(26)20-16(25)13-4-2-3-5-14(13)18/h2-9H,1H3,(H,19,23)(H,21,24)(H2,20,22,25,26). The maximum atomic E-state index is 12.0. The lowest BCUT2D eigenvalue weighted by atomic mass is 10.2. The Labute approximate surface area is 160 Å². The summed E-state index contributed by atoms with van der Waals surface area (Å²) in [6.07, 6.45) is 0. The Morgan fingerprint density at radius 3 is 2.19 bits per heavy atom. The number of nitrogens with one attached hydrogen (secondary N) is 4. The average Bonchev–Trinajstić information content (AvgIpc) is 2.60. The Balaban J connectivity index is 1.86. The van der Waals surface area contributed by atoms with Gasteiger partial charge >= 0.3 is 0 Å². The van der Waals surface area contributed by atoms with Crippen LogP contribution in [-0.2, 0) is 4.79 Å². The molecule has 0 aliphatic rings. The Morgan fingerprint density at radius 1 is 0.923 bits per heavy atom. The van der Waals surface area contributed by atoms with Gasteiger partial charge in [-0.05, 0) is 48.6 Å². The summed E-state index contributed by atoms with van der Waals surface area (Å²) in [7, 11) is 0.